The number of hydrogen-bond donors (Lipinski definition) is 2. The van der Waals surface area contributed by atoms with Gasteiger partial charge < -0.3 is 10.2 Å². The fourth-order valence-corrected chi connectivity index (χ4v) is 1.99. The van der Waals surface area contributed by atoms with E-state index in [4.69, 9.17) is 5.11 Å². The third-order valence-electron chi connectivity index (χ3n) is 3.44. The lowest BCUT2D eigenvalue weighted by molar-refractivity contribution is -0.146. The molecule has 112 valence electrons. The van der Waals surface area contributed by atoms with Gasteiger partial charge in [0.1, 0.15) is 0 Å². The lowest BCUT2D eigenvalue weighted by Gasteiger charge is -2.26. The Bertz CT molecular complexity index is 458. The summed E-state index contributed by atoms with van der Waals surface area (Å²) in [5.41, 5.74) is 3.18. The molecule has 1 aromatic carbocycles. The summed E-state index contributed by atoms with van der Waals surface area (Å²) in [6, 6.07) is 6.18. The van der Waals surface area contributed by atoms with Crippen LogP contribution in [0.15, 0.2) is 18.2 Å². The number of hydrogen-bond acceptors (Lipinski definition) is 2. The second kappa shape index (κ2) is 5.57. The topological polar surface area (TPSA) is 57.5 Å². The van der Waals surface area contributed by atoms with Gasteiger partial charge in [-0.25, -0.2) is 4.79 Å². The van der Waals surface area contributed by atoms with E-state index in [-0.39, 0.29) is 17.3 Å². The highest BCUT2D eigenvalue weighted by atomic mass is 16.4. The van der Waals surface area contributed by atoms with Gasteiger partial charge in [-0.05, 0) is 27.5 Å². The number of aliphatic hydroxyl groups excluding tert-OH is 1. The van der Waals surface area contributed by atoms with Crippen molar-refractivity contribution in [3.8, 4) is 0 Å². The van der Waals surface area contributed by atoms with Crippen LogP contribution >= 0.6 is 0 Å². The summed E-state index contributed by atoms with van der Waals surface area (Å²) in [5.74, 6) is -1.18. The van der Waals surface area contributed by atoms with Crippen molar-refractivity contribution in [1.82, 2.24) is 0 Å². The van der Waals surface area contributed by atoms with Gasteiger partial charge in [-0.15, -0.1) is 0 Å². The van der Waals surface area contributed by atoms with E-state index in [9.17, 15) is 9.90 Å². The molecule has 2 N–H and O–H groups in total. The Kier molecular flexibility index (Phi) is 4.65. The molecule has 1 rings (SSSR count). The molecule has 0 aliphatic carbocycles. The third kappa shape index (κ3) is 4.34. The molecule has 0 amide bonds. The molecule has 0 aliphatic rings. The molecule has 0 fully saturated rings. The highest BCUT2D eigenvalue weighted by Crippen LogP contribution is 2.30. The van der Waals surface area contributed by atoms with Gasteiger partial charge in [-0.3, -0.25) is 0 Å². The number of carboxylic acids is 1. The normalized spacial score (nSPS) is 14.2. The van der Waals surface area contributed by atoms with Gasteiger partial charge >= 0.3 is 5.97 Å². The summed E-state index contributed by atoms with van der Waals surface area (Å²) in [7, 11) is 0. The zero-order valence-electron chi connectivity index (χ0n) is 13.3. The van der Waals surface area contributed by atoms with E-state index in [1.807, 2.05) is 12.1 Å². The number of carboxylic acid groups (broad SMARTS) is 1. The van der Waals surface area contributed by atoms with Gasteiger partial charge in [-0.1, -0.05) is 59.7 Å². The van der Waals surface area contributed by atoms with Gasteiger partial charge in [-0.2, -0.15) is 0 Å². The van der Waals surface area contributed by atoms with Crippen LogP contribution in [0.2, 0.25) is 0 Å². The van der Waals surface area contributed by atoms with E-state index in [2.05, 4.69) is 47.6 Å². The van der Waals surface area contributed by atoms with Crippen LogP contribution in [0.4, 0.5) is 0 Å². The lowest BCUT2D eigenvalue weighted by Crippen LogP contribution is -2.23. The zero-order chi connectivity index (χ0) is 15.7. The van der Waals surface area contributed by atoms with Crippen LogP contribution in [0, 0.1) is 0 Å². The quantitative estimate of drug-likeness (QED) is 0.892. The molecule has 3 nitrogen and oxygen atoms in total. The summed E-state index contributed by atoms with van der Waals surface area (Å²) in [6.07, 6.45) is -1.21. The molecule has 0 aliphatic heterocycles. The fourth-order valence-electron chi connectivity index (χ4n) is 1.99. The van der Waals surface area contributed by atoms with Gasteiger partial charge in [0.15, 0.2) is 6.10 Å². The predicted octanol–water partition coefficient (Wildman–Crippen LogP) is 3.27. The Morgan fingerprint density at radius 2 is 1.40 bits per heavy atom. The van der Waals surface area contributed by atoms with E-state index >= 15 is 0 Å². The molecule has 0 radical (unpaired) electrons. The minimum absolute atomic E-state index is 0.00974. The first-order valence-corrected chi connectivity index (χ1v) is 6.97. The summed E-state index contributed by atoms with van der Waals surface area (Å²) < 4.78 is 0. The first-order valence-electron chi connectivity index (χ1n) is 6.97. The van der Waals surface area contributed by atoms with Crippen molar-refractivity contribution in [2.45, 2.75) is 64.9 Å². The summed E-state index contributed by atoms with van der Waals surface area (Å²) in [6.45, 7) is 12.8. The Morgan fingerprint density at radius 1 is 1.00 bits per heavy atom. The summed E-state index contributed by atoms with van der Waals surface area (Å²) in [4.78, 5) is 10.8. The van der Waals surface area contributed by atoms with Crippen molar-refractivity contribution in [2.75, 3.05) is 0 Å². The molecule has 1 atom stereocenters. The standard InChI is InChI=1S/C17H26O3/c1-16(2,3)12-7-11(9-14(18)15(19)20)8-13(10-12)17(4,5)6/h7-8,10,14,18H,9H2,1-6H3,(H,19,20). The average molecular weight is 278 g/mol. The Morgan fingerprint density at radius 3 is 1.70 bits per heavy atom. The highest BCUT2D eigenvalue weighted by molar-refractivity contribution is 5.72. The molecule has 0 saturated heterocycles. The number of aliphatic hydroxyl groups is 1. The van der Waals surface area contributed by atoms with Crippen molar-refractivity contribution in [3.63, 3.8) is 0 Å². The fraction of sp³-hybridized carbons (Fsp3) is 0.588. The second-order valence-corrected chi connectivity index (χ2v) is 7.48. The van der Waals surface area contributed by atoms with Crippen LogP contribution in [0.5, 0.6) is 0 Å². The largest absolute Gasteiger partial charge is 0.479 e. The van der Waals surface area contributed by atoms with Crippen LogP contribution in [0.3, 0.4) is 0 Å². The lowest BCUT2D eigenvalue weighted by atomic mass is 9.79. The molecule has 3 heteroatoms. The summed E-state index contributed by atoms with van der Waals surface area (Å²) in [5, 5.41) is 18.4. The SMILES string of the molecule is CC(C)(C)c1cc(CC(O)C(=O)O)cc(C(C)(C)C)c1. The minimum atomic E-state index is -1.35. The number of carbonyl (C=O) groups is 1. The van der Waals surface area contributed by atoms with Crippen molar-refractivity contribution < 1.29 is 15.0 Å². The van der Waals surface area contributed by atoms with Crippen LogP contribution in [0.25, 0.3) is 0 Å². The first kappa shape index (κ1) is 16.7. The highest BCUT2D eigenvalue weighted by Gasteiger charge is 2.22. The van der Waals surface area contributed by atoms with Gasteiger partial charge in [0.2, 0.25) is 0 Å². The van der Waals surface area contributed by atoms with Gasteiger partial charge in [0, 0.05) is 6.42 Å². The minimum Gasteiger partial charge on any atom is -0.479 e. The number of benzene rings is 1. The molecule has 20 heavy (non-hydrogen) atoms. The second-order valence-electron chi connectivity index (χ2n) is 7.48. The molecule has 0 aromatic heterocycles. The molecule has 0 heterocycles. The molecular formula is C17H26O3. The maximum absolute atomic E-state index is 10.8. The number of rotatable bonds is 3. The van der Waals surface area contributed by atoms with Crippen LogP contribution < -0.4 is 0 Å². The molecule has 0 bridgehead atoms. The zero-order valence-corrected chi connectivity index (χ0v) is 13.3. The maximum atomic E-state index is 10.8. The van der Waals surface area contributed by atoms with Crippen molar-refractivity contribution in [2.24, 2.45) is 0 Å². The Balaban J connectivity index is 3.28. The van der Waals surface area contributed by atoms with Crippen molar-refractivity contribution in [3.05, 3.63) is 34.9 Å². The molecule has 1 aromatic rings. The van der Waals surface area contributed by atoms with Gasteiger partial charge in [0.05, 0.1) is 0 Å². The van der Waals surface area contributed by atoms with E-state index in [0.717, 1.165) is 16.7 Å². The van der Waals surface area contributed by atoms with Crippen LogP contribution in [0.1, 0.15) is 58.2 Å². The van der Waals surface area contributed by atoms with E-state index in [1.54, 1.807) is 0 Å². The average Bonchev–Trinajstić information content (AvgIpc) is 2.26. The predicted molar refractivity (Wildman–Crippen MR) is 81.2 cm³/mol. The van der Waals surface area contributed by atoms with Gasteiger partial charge in [0.25, 0.3) is 0 Å². The molecule has 0 saturated carbocycles. The van der Waals surface area contributed by atoms with E-state index in [1.165, 1.54) is 0 Å². The Hall–Kier alpha value is -1.35. The summed E-state index contributed by atoms with van der Waals surface area (Å²) >= 11 is 0. The maximum Gasteiger partial charge on any atom is 0.332 e. The van der Waals surface area contributed by atoms with Crippen LogP contribution in [-0.2, 0) is 22.0 Å². The van der Waals surface area contributed by atoms with Crippen molar-refractivity contribution >= 4 is 5.97 Å². The smallest absolute Gasteiger partial charge is 0.332 e. The first-order chi connectivity index (χ1) is 8.91. The van der Waals surface area contributed by atoms with Crippen LogP contribution in [-0.4, -0.2) is 22.3 Å². The monoisotopic (exact) mass is 278 g/mol. The third-order valence-corrected chi connectivity index (χ3v) is 3.44. The molecular weight excluding hydrogens is 252 g/mol. The molecule has 1 unspecified atom stereocenters. The Labute approximate surface area is 121 Å². The van der Waals surface area contributed by atoms with Crippen molar-refractivity contribution in [1.29, 1.82) is 0 Å². The van der Waals surface area contributed by atoms with E-state index in [0.29, 0.717) is 0 Å². The number of aliphatic carboxylic acids is 1. The van der Waals surface area contributed by atoms with E-state index < -0.39 is 12.1 Å². The molecule has 0 spiro atoms.